The number of nitrogens with one attached hydrogen (secondary N) is 1. The Labute approximate surface area is 207 Å². The summed E-state index contributed by atoms with van der Waals surface area (Å²) in [6.45, 7) is 4.27. The summed E-state index contributed by atoms with van der Waals surface area (Å²) < 4.78 is 26.7. The van der Waals surface area contributed by atoms with Gasteiger partial charge in [0.1, 0.15) is 18.0 Å². The van der Waals surface area contributed by atoms with Gasteiger partial charge in [-0.05, 0) is 36.8 Å². The summed E-state index contributed by atoms with van der Waals surface area (Å²) in [5.74, 6) is -1.24. The van der Waals surface area contributed by atoms with Gasteiger partial charge in [0.25, 0.3) is 5.56 Å². The number of anilines is 1. The molecule has 0 spiro atoms. The second-order valence-corrected chi connectivity index (χ2v) is 8.36. The van der Waals surface area contributed by atoms with Crippen LogP contribution in [0, 0.1) is 11.6 Å². The Morgan fingerprint density at radius 2 is 1.91 bits per heavy atom. The number of aliphatic hydroxyl groups is 3. The molecule has 0 aliphatic carbocycles. The second-order valence-electron chi connectivity index (χ2n) is 7.55. The van der Waals surface area contributed by atoms with Crippen molar-refractivity contribution in [2.45, 2.75) is 18.6 Å². The van der Waals surface area contributed by atoms with E-state index >= 15 is 0 Å². The van der Waals surface area contributed by atoms with E-state index in [1.54, 1.807) is 4.90 Å². The number of amides is 1. The molecule has 1 unspecified atom stereocenters. The molecule has 1 amide bonds. The van der Waals surface area contributed by atoms with Crippen molar-refractivity contribution in [2.75, 3.05) is 18.4 Å². The second kappa shape index (κ2) is 10.7. The van der Waals surface area contributed by atoms with Crippen molar-refractivity contribution in [3.8, 4) is 0 Å². The number of halogens is 4. The fraction of sp³-hybridized carbons (Fsp3) is 0.227. The van der Waals surface area contributed by atoms with Crippen molar-refractivity contribution in [1.82, 2.24) is 14.5 Å². The lowest BCUT2D eigenvalue weighted by Crippen LogP contribution is -2.40. The molecule has 9 nitrogen and oxygen atoms in total. The number of hydrogen-bond donors (Lipinski definition) is 4. The molecule has 1 saturated heterocycles. The lowest BCUT2D eigenvalue weighted by atomic mass is 10.2. The molecule has 3 aromatic rings. The summed E-state index contributed by atoms with van der Waals surface area (Å²) in [6, 6.07) is 5.83. The third-order valence-corrected chi connectivity index (χ3v) is 5.82. The van der Waals surface area contributed by atoms with Gasteiger partial charge in [-0.15, -0.1) is 0 Å². The quantitative estimate of drug-likeness (QED) is 0.232. The van der Waals surface area contributed by atoms with Crippen molar-refractivity contribution in [3.63, 3.8) is 0 Å². The number of benzene rings is 2. The van der Waals surface area contributed by atoms with Crippen LogP contribution in [-0.2, 0) is 10.9 Å². The molecule has 0 bridgehead atoms. The van der Waals surface area contributed by atoms with Crippen LogP contribution in [-0.4, -0.2) is 54.8 Å². The minimum atomic E-state index is -3.42. The SMILES string of the molecule is C=CC(=O)N1CCC(Nc2cc3c(=O)n(C(O)(O)O)cnc3cc2F)C1.Fc1ccc(Cl)c(Cl)c1. The number of aromatic nitrogens is 2. The predicted molar refractivity (Wildman–Crippen MR) is 126 cm³/mol. The van der Waals surface area contributed by atoms with Crippen molar-refractivity contribution in [1.29, 1.82) is 0 Å². The molecule has 2 heterocycles. The number of rotatable bonds is 4. The van der Waals surface area contributed by atoms with Gasteiger partial charge < -0.3 is 25.5 Å². The number of likely N-dealkylation sites (tertiary alicyclic amines) is 1. The Morgan fingerprint density at radius 1 is 1.20 bits per heavy atom. The van der Waals surface area contributed by atoms with Crippen molar-refractivity contribution in [2.24, 2.45) is 0 Å². The minimum Gasteiger partial charge on any atom is -0.378 e. The monoisotopic (exact) mass is 528 g/mol. The van der Waals surface area contributed by atoms with Gasteiger partial charge in [-0.3, -0.25) is 9.59 Å². The van der Waals surface area contributed by atoms with Gasteiger partial charge in [0, 0.05) is 25.2 Å². The third kappa shape index (κ3) is 6.32. The largest absolute Gasteiger partial charge is 0.378 e. The Morgan fingerprint density at radius 3 is 2.51 bits per heavy atom. The first-order valence-electron chi connectivity index (χ1n) is 10.1. The molecule has 186 valence electrons. The molecule has 1 atom stereocenters. The first-order valence-corrected chi connectivity index (χ1v) is 10.8. The Balaban J connectivity index is 0.000000320. The number of hydrogen-bond acceptors (Lipinski definition) is 7. The summed E-state index contributed by atoms with van der Waals surface area (Å²) in [4.78, 5) is 29.2. The average molecular weight is 529 g/mol. The third-order valence-electron chi connectivity index (χ3n) is 5.09. The van der Waals surface area contributed by atoms with E-state index in [2.05, 4.69) is 16.9 Å². The number of carbonyl (C=O) groups is 1. The molecule has 0 saturated carbocycles. The molecular weight excluding hydrogens is 509 g/mol. The van der Waals surface area contributed by atoms with Crippen LogP contribution in [0.3, 0.4) is 0 Å². The molecule has 1 aromatic heterocycles. The van der Waals surface area contributed by atoms with Crippen LogP contribution >= 0.6 is 23.2 Å². The number of nitrogens with zero attached hydrogens (tertiary/aromatic N) is 3. The zero-order chi connectivity index (χ0) is 25.9. The first-order chi connectivity index (χ1) is 16.4. The van der Waals surface area contributed by atoms with Crippen LogP contribution in [0.5, 0.6) is 0 Å². The van der Waals surface area contributed by atoms with Gasteiger partial charge >= 0.3 is 6.10 Å². The average Bonchev–Trinajstić information content (AvgIpc) is 3.25. The van der Waals surface area contributed by atoms with E-state index in [9.17, 15) is 33.7 Å². The normalized spacial score (nSPS) is 15.5. The van der Waals surface area contributed by atoms with Gasteiger partial charge in [0.15, 0.2) is 0 Å². The highest BCUT2D eigenvalue weighted by molar-refractivity contribution is 6.41. The highest BCUT2D eigenvalue weighted by Crippen LogP contribution is 2.23. The van der Waals surface area contributed by atoms with E-state index in [4.69, 9.17) is 23.2 Å². The highest BCUT2D eigenvalue weighted by Gasteiger charge is 2.27. The van der Waals surface area contributed by atoms with Gasteiger partial charge in [0.05, 0.1) is 26.6 Å². The summed E-state index contributed by atoms with van der Waals surface area (Å²) >= 11 is 10.9. The molecule has 1 aliphatic rings. The first kappa shape index (κ1) is 26.5. The predicted octanol–water partition coefficient (Wildman–Crippen LogP) is 2.41. The standard InChI is InChI=1S/C16H17FN4O5.C6H3Cl2F/c1-2-14(22)20-4-3-9(7-20)19-13-5-10-12(6-11(13)17)18-8-21(15(10)23)16(24,25)26;7-5-2-1-4(9)3-6(5)8/h2,5-6,8-9,19,24-26H,1,3-4,7H2;1-3H. The van der Waals surface area contributed by atoms with Gasteiger partial charge in [-0.2, -0.15) is 0 Å². The van der Waals surface area contributed by atoms with E-state index in [-0.39, 0.29) is 43.9 Å². The summed E-state index contributed by atoms with van der Waals surface area (Å²) in [6.07, 6.45) is -0.927. The molecule has 1 aliphatic heterocycles. The summed E-state index contributed by atoms with van der Waals surface area (Å²) in [5, 5.41) is 31.0. The summed E-state index contributed by atoms with van der Waals surface area (Å²) in [5.41, 5.74) is -0.958. The Bertz CT molecular complexity index is 1330. The van der Waals surface area contributed by atoms with Gasteiger partial charge in [-0.1, -0.05) is 29.8 Å². The molecule has 13 heteroatoms. The van der Waals surface area contributed by atoms with Crippen LogP contribution in [0.1, 0.15) is 6.42 Å². The maximum Gasteiger partial charge on any atom is 0.377 e. The molecule has 4 N–H and O–H groups in total. The zero-order valence-corrected chi connectivity index (χ0v) is 19.5. The van der Waals surface area contributed by atoms with Crippen LogP contribution in [0.4, 0.5) is 14.5 Å². The summed E-state index contributed by atoms with van der Waals surface area (Å²) in [7, 11) is 0. The Hall–Kier alpha value is -3.09. The molecule has 2 aromatic carbocycles. The van der Waals surface area contributed by atoms with Crippen molar-refractivity contribution in [3.05, 3.63) is 81.3 Å². The Kier molecular flexibility index (Phi) is 8.08. The zero-order valence-electron chi connectivity index (χ0n) is 18.0. The van der Waals surface area contributed by atoms with Crippen LogP contribution in [0.25, 0.3) is 10.9 Å². The lowest BCUT2D eigenvalue weighted by molar-refractivity contribution is -0.377. The smallest absolute Gasteiger partial charge is 0.377 e. The molecule has 4 rings (SSSR count). The van der Waals surface area contributed by atoms with E-state index in [1.165, 1.54) is 30.3 Å². The number of fused-ring (bicyclic) bond motifs is 1. The number of carbonyl (C=O) groups excluding carboxylic acids is 1. The van der Waals surface area contributed by atoms with Gasteiger partial charge in [-0.25, -0.2) is 18.3 Å². The van der Waals surface area contributed by atoms with Crippen molar-refractivity contribution < 1.29 is 28.9 Å². The molecule has 0 radical (unpaired) electrons. The van der Waals surface area contributed by atoms with E-state index in [0.29, 0.717) is 30.9 Å². The van der Waals surface area contributed by atoms with Crippen LogP contribution < -0.4 is 10.9 Å². The van der Waals surface area contributed by atoms with E-state index < -0.39 is 17.5 Å². The van der Waals surface area contributed by atoms with Crippen LogP contribution in [0.15, 0.2) is 54.1 Å². The van der Waals surface area contributed by atoms with E-state index in [1.807, 2.05) is 0 Å². The maximum atomic E-state index is 14.3. The van der Waals surface area contributed by atoms with Gasteiger partial charge in [0.2, 0.25) is 5.91 Å². The van der Waals surface area contributed by atoms with Crippen molar-refractivity contribution >= 4 is 45.7 Å². The maximum absolute atomic E-state index is 14.3. The highest BCUT2D eigenvalue weighted by atomic mass is 35.5. The molecule has 35 heavy (non-hydrogen) atoms. The van der Waals surface area contributed by atoms with Crippen LogP contribution in [0.2, 0.25) is 10.0 Å². The molecule has 1 fully saturated rings. The topological polar surface area (TPSA) is 128 Å². The fourth-order valence-electron chi connectivity index (χ4n) is 3.37. The fourth-order valence-corrected chi connectivity index (χ4v) is 3.65. The lowest BCUT2D eigenvalue weighted by Gasteiger charge is -2.18. The van der Waals surface area contributed by atoms with E-state index in [0.717, 1.165) is 6.07 Å². The minimum absolute atomic E-state index is 0.00599. The molecular formula is C22H20Cl2F2N4O5.